The third kappa shape index (κ3) is 4.19. The van der Waals surface area contributed by atoms with Crippen molar-refractivity contribution in [2.24, 2.45) is 5.84 Å². The van der Waals surface area contributed by atoms with Crippen molar-refractivity contribution in [2.45, 2.75) is 46.0 Å². The van der Waals surface area contributed by atoms with Crippen LogP contribution in [0.25, 0.3) is 0 Å². The Morgan fingerprint density at radius 1 is 1.35 bits per heavy atom. The van der Waals surface area contributed by atoms with Crippen LogP contribution in [0.3, 0.4) is 0 Å². The van der Waals surface area contributed by atoms with Gasteiger partial charge >= 0.3 is 0 Å². The van der Waals surface area contributed by atoms with Crippen molar-refractivity contribution in [3.63, 3.8) is 0 Å². The normalized spacial score (nSPS) is 11.4. The van der Waals surface area contributed by atoms with E-state index in [0.29, 0.717) is 18.3 Å². The maximum absolute atomic E-state index is 5.58. The van der Waals surface area contributed by atoms with Gasteiger partial charge in [0.15, 0.2) is 0 Å². The molecule has 0 spiro atoms. The summed E-state index contributed by atoms with van der Waals surface area (Å²) >= 11 is 0. The number of nitrogens with one attached hydrogen (secondary N) is 1. The molecule has 96 valence electrons. The van der Waals surface area contributed by atoms with Gasteiger partial charge in [0, 0.05) is 11.5 Å². The summed E-state index contributed by atoms with van der Waals surface area (Å²) in [5, 5.41) is 0. The molecule has 1 aromatic rings. The van der Waals surface area contributed by atoms with E-state index in [1.165, 1.54) is 0 Å². The Bertz CT molecular complexity index is 360. The van der Waals surface area contributed by atoms with E-state index in [9.17, 15) is 0 Å². The molecular formula is C12H22N4O. The third-order valence-corrected chi connectivity index (χ3v) is 2.27. The molecule has 0 bridgehead atoms. The molecule has 0 aliphatic heterocycles. The van der Waals surface area contributed by atoms with E-state index in [0.717, 1.165) is 18.7 Å². The lowest BCUT2D eigenvalue weighted by Crippen LogP contribution is -2.19. The number of aromatic nitrogens is 2. The number of hydrogen-bond donors (Lipinski definition) is 2. The Balaban J connectivity index is 2.89. The molecule has 0 amide bonds. The predicted molar refractivity (Wildman–Crippen MR) is 68.9 cm³/mol. The summed E-state index contributed by atoms with van der Waals surface area (Å²) in [6, 6.07) is 1.71. The summed E-state index contributed by atoms with van der Waals surface area (Å²) in [6.07, 6.45) is 2.11. The van der Waals surface area contributed by atoms with Gasteiger partial charge < -0.3 is 10.2 Å². The van der Waals surface area contributed by atoms with Crippen LogP contribution in [0.15, 0.2) is 6.07 Å². The number of rotatable bonds is 5. The van der Waals surface area contributed by atoms with E-state index in [2.05, 4.69) is 43.1 Å². The molecule has 3 N–H and O–H groups in total. The fraction of sp³-hybridized carbons (Fsp3) is 0.667. The average molecular weight is 238 g/mol. The minimum atomic E-state index is -0.129. The van der Waals surface area contributed by atoms with Gasteiger partial charge in [0.05, 0.1) is 6.61 Å². The van der Waals surface area contributed by atoms with E-state index in [-0.39, 0.29) is 5.41 Å². The standard InChI is InChI=1S/C12H22N4O/c1-5-6-7-17-10-8-9(16-13)14-11(15-10)12(2,3)4/h8H,5-7,13H2,1-4H3,(H,14,15,16). The van der Waals surface area contributed by atoms with E-state index in [1.807, 2.05) is 0 Å². The number of ether oxygens (including phenoxy) is 1. The van der Waals surface area contributed by atoms with Crippen LogP contribution < -0.4 is 16.0 Å². The molecular weight excluding hydrogens is 216 g/mol. The van der Waals surface area contributed by atoms with E-state index in [1.54, 1.807) is 6.07 Å². The van der Waals surface area contributed by atoms with Crippen LogP contribution >= 0.6 is 0 Å². The first kappa shape index (κ1) is 13.7. The van der Waals surface area contributed by atoms with Gasteiger partial charge in [-0.1, -0.05) is 34.1 Å². The minimum absolute atomic E-state index is 0.129. The number of nitrogens with two attached hydrogens (primary N) is 1. The molecule has 17 heavy (non-hydrogen) atoms. The lowest BCUT2D eigenvalue weighted by molar-refractivity contribution is 0.294. The molecule has 0 atom stereocenters. The molecule has 0 saturated heterocycles. The highest BCUT2D eigenvalue weighted by Gasteiger charge is 2.19. The molecule has 0 radical (unpaired) electrons. The van der Waals surface area contributed by atoms with Crippen LogP contribution in [0, 0.1) is 0 Å². The van der Waals surface area contributed by atoms with Crippen molar-refractivity contribution >= 4 is 5.82 Å². The summed E-state index contributed by atoms with van der Waals surface area (Å²) in [5.74, 6) is 7.27. The van der Waals surface area contributed by atoms with Gasteiger partial charge in [-0.05, 0) is 6.42 Å². The first-order valence-electron chi connectivity index (χ1n) is 5.96. The summed E-state index contributed by atoms with van der Waals surface area (Å²) < 4.78 is 5.58. The van der Waals surface area contributed by atoms with Crippen molar-refractivity contribution in [2.75, 3.05) is 12.0 Å². The second-order valence-corrected chi connectivity index (χ2v) is 5.01. The molecule has 1 rings (SSSR count). The van der Waals surface area contributed by atoms with Crippen LogP contribution in [0.2, 0.25) is 0 Å². The molecule has 1 heterocycles. The van der Waals surface area contributed by atoms with Gasteiger partial charge in [-0.3, -0.25) is 0 Å². The number of anilines is 1. The molecule has 0 aromatic carbocycles. The van der Waals surface area contributed by atoms with E-state index >= 15 is 0 Å². The van der Waals surface area contributed by atoms with Gasteiger partial charge in [-0.25, -0.2) is 10.8 Å². The Labute approximate surface area is 103 Å². The van der Waals surface area contributed by atoms with Gasteiger partial charge in [0.25, 0.3) is 0 Å². The fourth-order valence-corrected chi connectivity index (χ4v) is 1.23. The first-order valence-corrected chi connectivity index (χ1v) is 5.96. The maximum atomic E-state index is 5.58. The van der Waals surface area contributed by atoms with Crippen LogP contribution in [-0.4, -0.2) is 16.6 Å². The highest BCUT2D eigenvalue weighted by molar-refractivity contribution is 5.37. The third-order valence-electron chi connectivity index (χ3n) is 2.27. The average Bonchev–Trinajstić information content (AvgIpc) is 2.28. The van der Waals surface area contributed by atoms with Gasteiger partial charge in [-0.15, -0.1) is 0 Å². The quantitative estimate of drug-likeness (QED) is 0.467. The predicted octanol–water partition coefficient (Wildman–Crippen LogP) is 2.24. The maximum Gasteiger partial charge on any atom is 0.218 e. The molecule has 1 aromatic heterocycles. The summed E-state index contributed by atoms with van der Waals surface area (Å²) in [5.41, 5.74) is 2.41. The Hall–Kier alpha value is -1.36. The topological polar surface area (TPSA) is 73.1 Å². The SMILES string of the molecule is CCCCOc1cc(NN)nc(C(C)(C)C)n1. The zero-order valence-corrected chi connectivity index (χ0v) is 11.1. The molecule has 0 aliphatic rings. The minimum Gasteiger partial charge on any atom is -0.478 e. The first-order chi connectivity index (χ1) is 7.97. The Morgan fingerprint density at radius 2 is 2.06 bits per heavy atom. The number of nitrogen functional groups attached to an aromatic ring is 1. The zero-order valence-electron chi connectivity index (χ0n) is 11.1. The lowest BCUT2D eigenvalue weighted by Gasteiger charge is -2.18. The highest BCUT2D eigenvalue weighted by atomic mass is 16.5. The van der Waals surface area contributed by atoms with Crippen molar-refractivity contribution < 1.29 is 4.74 Å². The Morgan fingerprint density at radius 3 is 2.59 bits per heavy atom. The number of hydrazine groups is 1. The lowest BCUT2D eigenvalue weighted by atomic mass is 9.96. The second-order valence-electron chi connectivity index (χ2n) is 5.01. The van der Waals surface area contributed by atoms with Crippen molar-refractivity contribution in [1.29, 1.82) is 0 Å². The summed E-state index contributed by atoms with van der Waals surface area (Å²) in [4.78, 5) is 8.72. The van der Waals surface area contributed by atoms with Gasteiger partial charge in [0.2, 0.25) is 5.88 Å². The number of unbranched alkanes of at least 4 members (excludes halogenated alkanes) is 1. The largest absolute Gasteiger partial charge is 0.478 e. The smallest absolute Gasteiger partial charge is 0.218 e. The van der Waals surface area contributed by atoms with E-state index in [4.69, 9.17) is 10.6 Å². The Kier molecular flexibility index (Phi) is 4.69. The van der Waals surface area contributed by atoms with Crippen molar-refractivity contribution in [1.82, 2.24) is 9.97 Å². The van der Waals surface area contributed by atoms with Crippen LogP contribution in [0.5, 0.6) is 5.88 Å². The molecule has 0 unspecified atom stereocenters. The monoisotopic (exact) mass is 238 g/mol. The van der Waals surface area contributed by atoms with Crippen molar-refractivity contribution in [3.8, 4) is 5.88 Å². The second kappa shape index (κ2) is 5.82. The summed E-state index contributed by atoms with van der Waals surface area (Å²) in [6.45, 7) is 8.95. The fourth-order valence-electron chi connectivity index (χ4n) is 1.23. The molecule has 5 nitrogen and oxygen atoms in total. The molecule has 0 fully saturated rings. The van der Waals surface area contributed by atoms with Crippen molar-refractivity contribution in [3.05, 3.63) is 11.9 Å². The van der Waals surface area contributed by atoms with E-state index < -0.39 is 0 Å². The summed E-state index contributed by atoms with van der Waals surface area (Å²) in [7, 11) is 0. The number of hydrogen-bond acceptors (Lipinski definition) is 5. The number of nitrogens with zero attached hydrogens (tertiary/aromatic N) is 2. The van der Waals surface area contributed by atoms with Gasteiger partial charge in [-0.2, -0.15) is 4.98 Å². The highest BCUT2D eigenvalue weighted by Crippen LogP contribution is 2.22. The van der Waals surface area contributed by atoms with Crippen LogP contribution in [0.4, 0.5) is 5.82 Å². The molecule has 0 saturated carbocycles. The zero-order chi connectivity index (χ0) is 12.9. The molecule has 0 aliphatic carbocycles. The van der Waals surface area contributed by atoms with Crippen LogP contribution in [0.1, 0.15) is 46.4 Å². The van der Waals surface area contributed by atoms with Crippen LogP contribution in [-0.2, 0) is 5.41 Å². The van der Waals surface area contributed by atoms with Gasteiger partial charge in [0.1, 0.15) is 11.6 Å². The molecule has 5 heteroatoms.